The Morgan fingerprint density at radius 1 is 0.224 bits per heavy atom. The molecule has 0 aliphatic heterocycles. The Hall–Kier alpha value is -0.520. The third kappa shape index (κ3) is 47.5. The van der Waals surface area contributed by atoms with E-state index in [0.29, 0.717) is 152 Å². The number of aliphatic hydroxyl groups excluding tert-OH is 1. The molecule has 0 aromatic heterocycles. The first kappa shape index (κ1) is 48.5. The highest BCUT2D eigenvalue weighted by molar-refractivity contribution is 4.47. The molecule has 0 bridgehead atoms. The van der Waals surface area contributed by atoms with Crippen LogP contribution in [0.25, 0.3) is 0 Å². The zero-order chi connectivity index (χ0) is 35.2. The van der Waals surface area contributed by atoms with Crippen LogP contribution in [0.15, 0.2) is 0 Å². The number of rotatable bonds is 46. The summed E-state index contributed by atoms with van der Waals surface area (Å²) >= 11 is 0. The Morgan fingerprint density at radius 3 is 0.633 bits per heavy atom. The van der Waals surface area contributed by atoms with E-state index in [1.54, 1.807) is 0 Å². The van der Waals surface area contributed by atoms with Crippen LogP contribution in [0.5, 0.6) is 0 Å². The molecule has 0 saturated heterocycles. The van der Waals surface area contributed by atoms with Crippen molar-refractivity contribution in [3.63, 3.8) is 0 Å². The summed E-state index contributed by atoms with van der Waals surface area (Å²) in [6, 6.07) is 0. The normalized spacial score (nSPS) is 11.6. The van der Waals surface area contributed by atoms with Crippen LogP contribution in [-0.2, 0) is 56.8 Å². The predicted octanol–water partition coefficient (Wildman–Crippen LogP) is 4.10. The minimum Gasteiger partial charge on any atom is -0.394 e. The molecule has 49 heavy (non-hydrogen) atoms. The second kappa shape index (κ2) is 47.5. The fraction of sp³-hybridized carbons (Fsp3) is 1.00. The molecule has 0 saturated carbocycles. The van der Waals surface area contributed by atoms with Gasteiger partial charge in [-0.25, -0.2) is 0 Å². The first-order valence-electron chi connectivity index (χ1n) is 19.0. The summed E-state index contributed by atoms with van der Waals surface area (Å²) in [7, 11) is 0. The molecule has 0 aliphatic rings. The zero-order valence-electron chi connectivity index (χ0n) is 31.1. The lowest BCUT2D eigenvalue weighted by Gasteiger charge is -2.09. The zero-order valence-corrected chi connectivity index (χ0v) is 31.1. The predicted molar refractivity (Wildman–Crippen MR) is 189 cm³/mol. The van der Waals surface area contributed by atoms with Crippen molar-refractivity contribution < 1.29 is 61.9 Å². The summed E-state index contributed by atoms with van der Waals surface area (Å²) in [5.41, 5.74) is 0. The number of hydrogen-bond acceptors (Lipinski definition) is 13. The summed E-state index contributed by atoms with van der Waals surface area (Å²) in [6.07, 6.45) is 13.4. The van der Waals surface area contributed by atoms with E-state index in [1.165, 1.54) is 57.8 Å². The van der Waals surface area contributed by atoms with Crippen molar-refractivity contribution in [2.24, 2.45) is 0 Å². The van der Waals surface area contributed by atoms with Gasteiger partial charge in [0.1, 0.15) is 0 Å². The minimum atomic E-state index is 0.0270. The van der Waals surface area contributed by atoms with Gasteiger partial charge < -0.3 is 61.9 Å². The Morgan fingerprint density at radius 2 is 0.408 bits per heavy atom. The Kier molecular flexibility index (Phi) is 47.0. The topological polar surface area (TPSA) is 131 Å². The summed E-state index contributed by atoms with van der Waals surface area (Å²) < 4.78 is 65.4. The van der Waals surface area contributed by atoms with Gasteiger partial charge in [0, 0.05) is 6.61 Å². The maximum atomic E-state index is 8.58. The molecule has 0 rings (SSSR count). The Balaban J connectivity index is 3.04. The minimum absolute atomic E-state index is 0.0270. The van der Waals surface area contributed by atoms with Gasteiger partial charge in [-0.05, 0) is 6.42 Å². The van der Waals surface area contributed by atoms with E-state index >= 15 is 0 Å². The Labute approximate surface area is 298 Å². The molecule has 0 aliphatic carbocycles. The van der Waals surface area contributed by atoms with Gasteiger partial charge in [-0.1, -0.05) is 64.7 Å². The molecule has 0 radical (unpaired) electrons. The van der Waals surface area contributed by atoms with E-state index in [2.05, 4.69) is 6.92 Å². The van der Waals surface area contributed by atoms with Crippen LogP contribution in [0, 0.1) is 0 Å². The van der Waals surface area contributed by atoms with Crippen molar-refractivity contribution in [1.82, 2.24) is 0 Å². The van der Waals surface area contributed by atoms with Gasteiger partial charge in [0.25, 0.3) is 0 Å². The molecule has 0 fully saturated rings. The molecular formula is C36H74O13. The van der Waals surface area contributed by atoms with E-state index in [-0.39, 0.29) is 6.61 Å². The van der Waals surface area contributed by atoms with Crippen molar-refractivity contribution in [3.8, 4) is 0 Å². The Bertz CT molecular complexity index is 517. The molecule has 296 valence electrons. The largest absolute Gasteiger partial charge is 0.394 e. The van der Waals surface area contributed by atoms with Crippen molar-refractivity contribution in [2.45, 2.75) is 71.1 Å². The first-order chi connectivity index (χ1) is 24.4. The molecule has 13 heteroatoms. The van der Waals surface area contributed by atoms with Crippen LogP contribution < -0.4 is 0 Å². The van der Waals surface area contributed by atoms with Gasteiger partial charge in [0.15, 0.2) is 0 Å². The lowest BCUT2D eigenvalue weighted by atomic mass is 10.1. The lowest BCUT2D eigenvalue weighted by Crippen LogP contribution is -2.15. The summed E-state index contributed by atoms with van der Waals surface area (Å²) in [5.74, 6) is 0. The van der Waals surface area contributed by atoms with Gasteiger partial charge >= 0.3 is 0 Å². The number of hydrogen-bond donors (Lipinski definition) is 1. The third-order valence-corrected chi connectivity index (χ3v) is 6.97. The lowest BCUT2D eigenvalue weighted by molar-refractivity contribution is -0.0286. The molecule has 0 unspecified atom stereocenters. The van der Waals surface area contributed by atoms with Crippen molar-refractivity contribution in [3.05, 3.63) is 0 Å². The molecular weight excluding hydrogens is 640 g/mol. The molecule has 0 atom stereocenters. The van der Waals surface area contributed by atoms with Crippen molar-refractivity contribution >= 4 is 0 Å². The summed E-state index contributed by atoms with van der Waals surface area (Å²) in [4.78, 5) is 0. The maximum Gasteiger partial charge on any atom is 0.0701 e. The SMILES string of the molecule is CCCCCCCCCCCCOCCOCCOCCOCCOCCOCCOCCOCCOCCOCCOCCOCCO. The number of unbranched alkanes of at least 4 members (excludes halogenated alkanes) is 9. The van der Waals surface area contributed by atoms with E-state index in [4.69, 9.17) is 61.9 Å². The van der Waals surface area contributed by atoms with Crippen molar-refractivity contribution in [2.75, 3.05) is 165 Å². The van der Waals surface area contributed by atoms with Gasteiger partial charge in [-0.2, -0.15) is 0 Å². The average Bonchev–Trinajstić information content (AvgIpc) is 3.11. The van der Waals surface area contributed by atoms with Crippen LogP contribution in [0.3, 0.4) is 0 Å². The number of aliphatic hydroxyl groups is 1. The van der Waals surface area contributed by atoms with Crippen molar-refractivity contribution in [1.29, 1.82) is 0 Å². The van der Waals surface area contributed by atoms with E-state index in [9.17, 15) is 0 Å². The van der Waals surface area contributed by atoms with Gasteiger partial charge in [0.2, 0.25) is 0 Å². The fourth-order valence-electron chi connectivity index (χ4n) is 4.28. The van der Waals surface area contributed by atoms with Gasteiger partial charge in [-0.15, -0.1) is 0 Å². The van der Waals surface area contributed by atoms with Gasteiger partial charge in [-0.3, -0.25) is 0 Å². The summed E-state index contributed by atoms with van der Waals surface area (Å²) in [6.45, 7) is 15.1. The number of ether oxygens (including phenoxy) is 12. The first-order valence-corrected chi connectivity index (χ1v) is 19.0. The monoisotopic (exact) mass is 715 g/mol. The molecule has 0 amide bonds. The maximum absolute atomic E-state index is 8.58. The van der Waals surface area contributed by atoms with E-state index in [0.717, 1.165) is 13.0 Å². The molecule has 0 aromatic carbocycles. The van der Waals surface area contributed by atoms with Crippen LogP contribution in [0.2, 0.25) is 0 Å². The standard InChI is InChI=1S/C36H74O13/c1-2-3-4-5-6-7-8-9-10-11-13-38-15-17-40-19-21-42-23-25-44-27-29-46-31-33-48-35-36-49-34-32-47-30-28-45-26-24-43-22-20-41-18-16-39-14-12-37/h37H,2-36H2,1H3. The van der Waals surface area contributed by atoms with Gasteiger partial charge in [0.05, 0.1) is 159 Å². The van der Waals surface area contributed by atoms with Crippen LogP contribution >= 0.6 is 0 Å². The second-order valence-electron chi connectivity index (χ2n) is 11.3. The van der Waals surface area contributed by atoms with Crippen LogP contribution in [0.1, 0.15) is 71.1 Å². The molecule has 13 nitrogen and oxygen atoms in total. The summed E-state index contributed by atoms with van der Waals surface area (Å²) in [5, 5.41) is 8.58. The fourth-order valence-corrected chi connectivity index (χ4v) is 4.28. The smallest absolute Gasteiger partial charge is 0.0701 e. The highest BCUT2D eigenvalue weighted by atomic mass is 16.6. The highest BCUT2D eigenvalue weighted by Crippen LogP contribution is 2.10. The van der Waals surface area contributed by atoms with Crippen LogP contribution in [0.4, 0.5) is 0 Å². The molecule has 0 aromatic rings. The van der Waals surface area contributed by atoms with E-state index in [1.807, 2.05) is 0 Å². The third-order valence-electron chi connectivity index (χ3n) is 6.97. The molecule has 1 N–H and O–H groups in total. The van der Waals surface area contributed by atoms with Crippen LogP contribution in [-0.4, -0.2) is 170 Å². The van der Waals surface area contributed by atoms with E-state index < -0.39 is 0 Å². The second-order valence-corrected chi connectivity index (χ2v) is 11.3. The average molecular weight is 715 g/mol. The quantitative estimate of drug-likeness (QED) is 0.0910. The highest BCUT2D eigenvalue weighted by Gasteiger charge is 1.97. The molecule has 0 spiro atoms. The molecule has 0 heterocycles.